The third-order valence-electron chi connectivity index (χ3n) is 4.93. The molecule has 0 aliphatic carbocycles. The van der Waals surface area contributed by atoms with Crippen molar-refractivity contribution in [3.8, 4) is 0 Å². The lowest BCUT2D eigenvalue weighted by Crippen LogP contribution is -2.37. The number of ether oxygens (including phenoxy) is 1. The second-order valence-corrected chi connectivity index (χ2v) is 8.31. The van der Waals surface area contributed by atoms with Crippen LogP contribution in [0.2, 0.25) is 0 Å². The summed E-state index contributed by atoms with van der Waals surface area (Å²) in [4.78, 5) is 18.9. The van der Waals surface area contributed by atoms with E-state index in [0.717, 1.165) is 38.3 Å². The third kappa shape index (κ3) is 4.81. The smallest absolute Gasteiger partial charge is 0.410 e. The van der Waals surface area contributed by atoms with Crippen molar-refractivity contribution in [3.05, 3.63) is 35.3 Å². The summed E-state index contributed by atoms with van der Waals surface area (Å²) in [5.41, 5.74) is 1.92. The average Bonchev–Trinajstić information content (AvgIpc) is 2.90. The van der Waals surface area contributed by atoms with Crippen LogP contribution in [0.1, 0.15) is 33.6 Å². The summed E-state index contributed by atoms with van der Waals surface area (Å²) in [6.45, 7) is 11.3. The van der Waals surface area contributed by atoms with Crippen LogP contribution < -0.4 is 5.32 Å². The molecule has 0 radical (unpaired) electrons. The average molecular weight is 361 g/mol. The van der Waals surface area contributed by atoms with Gasteiger partial charge in [0.15, 0.2) is 0 Å². The monoisotopic (exact) mass is 360 g/mol. The highest BCUT2D eigenvalue weighted by atomic mass is 16.6. The molecular weight excluding hydrogens is 328 g/mol. The number of fused-ring (bicyclic) bond motifs is 1. The fraction of sp³-hybridized carbons (Fsp3) is 0.650. The van der Waals surface area contributed by atoms with Gasteiger partial charge in [-0.2, -0.15) is 0 Å². The van der Waals surface area contributed by atoms with Gasteiger partial charge in [0.1, 0.15) is 11.4 Å². The van der Waals surface area contributed by atoms with Gasteiger partial charge in [0.2, 0.25) is 0 Å². The Morgan fingerprint density at radius 2 is 1.92 bits per heavy atom. The van der Waals surface area contributed by atoms with Crippen LogP contribution in [0.15, 0.2) is 35.3 Å². The van der Waals surface area contributed by atoms with E-state index in [1.165, 1.54) is 17.8 Å². The van der Waals surface area contributed by atoms with Crippen molar-refractivity contribution in [2.75, 3.05) is 46.3 Å². The summed E-state index contributed by atoms with van der Waals surface area (Å²) in [7, 11) is 2.18. The van der Waals surface area contributed by atoms with Gasteiger partial charge in [-0.3, -0.25) is 0 Å². The zero-order valence-corrected chi connectivity index (χ0v) is 16.5. The first-order valence-corrected chi connectivity index (χ1v) is 9.62. The molecule has 3 aliphatic heterocycles. The third-order valence-corrected chi connectivity index (χ3v) is 4.93. The quantitative estimate of drug-likeness (QED) is 0.779. The number of rotatable bonds is 1. The maximum atomic E-state index is 12.4. The molecule has 0 aromatic carbocycles. The molecule has 0 atom stereocenters. The number of carbonyl (C=O) groups excluding carboxylic acids is 1. The number of hydrogen-bond donors (Lipinski definition) is 1. The number of amides is 1. The zero-order valence-electron chi connectivity index (χ0n) is 16.5. The lowest BCUT2D eigenvalue weighted by molar-refractivity contribution is 0.0276. The van der Waals surface area contributed by atoms with Crippen LogP contribution in [0, 0.1) is 0 Å². The first kappa shape index (κ1) is 18.8. The van der Waals surface area contributed by atoms with E-state index in [9.17, 15) is 4.79 Å². The molecule has 0 spiro atoms. The Balaban J connectivity index is 1.65. The van der Waals surface area contributed by atoms with Crippen molar-refractivity contribution < 1.29 is 9.53 Å². The van der Waals surface area contributed by atoms with Crippen LogP contribution in [0.5, 0.6) is 0 Å². The first-order chi connectivity index (χ1) is 12.3. The van der Waals surface area contributed by atoms with Crippen molar-refractivity contribution in [3.63, 3.8) is 0 Å². The van der Waals surface area contributed by atoms with E-state index in [-0.39, 0.29) is 6.09 Å². The van der Waals surface area contributed by atoms with Crippen molar-refractivity contribution in [1.82, 2.24) is 20.0 Å². The molecule has 1 fully saturated rings. The molecule has 0 saturated carbocycles. The van der Waals surface area contributed by atoms with E-state index < -0.39 is 5.60 Å². The predicted molar refractivity (Wildman–Crippen MR) is 103 cm³/mol. The molecule has 144 valence electrons. The number of nitrogens with one attached hydrogen (secondary N) is 1. The van der Waals surface area contributed by atoms with E-state index in [1.807, 2.05) is 20.8 Å². The SMILES string of the molecule is CN1CCCN(C2=CC=C3CCN(C(=O)OC(C)(C)C)CC=C3N2)CC1. The van der Waals surface area contributed by atoms with Crippen molar-refractivity contribution in [2.45, 2.75) is 39.2 Å². The lowest BCUT2D eigenvalue weighted by Gasteiger charge is -2.30. The Hall–Kier alpha value is -1.95. The lowest BCUT2D eigenvalue weighted by atomic mass is 10.1. The number of likely N-dealkylation sites (N-methyl/N-ethyl adjacent to an activating group) is 1. The second-order valence-electron chi connectivity index (χ2n) is 8.31. The van der Waals surface area contributed by atoms with Crippen LogP contribution >= 0.6 is 0 Å². The molecule has 1 amide bonds. The fourth-order valence-corrected chi connectivity index (χ4v) is 3.44. The standard InChI is InChI=1S/C20H32N4O2/c1-20(2,3)26-19(25)24-12-8-16-6-7-18(21-17(16)9-13-24)23-11-5-10-22(4)14-15-23/h6-7,9,21H,5,8,10-15H2,1-4H3. The summed E-state index contributed by atoms with van der Waals surface area (Å²) < 4.78 is 5.52. The van der Waals surface area contributed by atoms with Crippen LogP contribution in [0.4, 0.5) is 4.79 Å². The molecule has 3 aliphatic rings. The predicted octanol–water partition coefficient (Wildman–Crippen LogP) is 2.52. The Morgan fingerprint density at radius 3 is 2.69 bits per heavy atom. The van der Waals surface area contributed by atoms with E-state index in [0.29, 0.717) is 13.1 Å². The minimum absolute atomic E-state index is 0.239. The molecular formula is C20H32N4O2. The zero-order chi connectivity index (χ0) is 18.7. The number of allylic oxidation sites excluding steroid dienone is 3. The van der Waals surface area contributed by atoms with Crippen molar-refractivity contribution in [1.29, 1.82) is 0 Å². The summed E-state index contributed by atoms with van der Waals surface area (Å²) >= 11 is 0. The highest BCUT2D eigenvalue weighted by Gasteiger charge is 2.25. The number of hydrogen-bond acceptors (Lipinski definition) is 5. The molecule has 3 rings (SSSR count). The minimum Gasteiger partial charge on any atom is -0.444 e. The van der Waals surface area contributed by atoms with Gasteiger partial charge in [-0.1, -0.05) is 6.08 Å². The van der Waals surface area contributed by atoms with Gasteiger partial charge in [-0.15, -0.1) is 0 Å². The second kappa shape index (κ2) is 7.74. The molecule has 6 heteroatoms. The van der Waals surface area contributed by atoms with Crippen LogP contribution in [0.3, 0.4) is 0 Å². The molecule has 1 saturated heterocycles. The summed E-state index contributed by atoms with van der Waals surface area (Å²) in [5.74, 6) is 1.17. The maximum absolute atomic E-state index is 12.4. The van der Waals surface area contributed by atoms with Crippen molar-refractivity contribution in [2.24, 2.45) is 0 Å². The highest BCUT2D eigenvalue weighted by Crippen LogP contribution is 2.24. The molecule has 26 heavy (non-hydrogen) atoms. The summed E-state index contributed by atoms with van der Waals surface area (Å²) in [6, 6.07) is 0. The number of carbonyl (C=O) groups is 1. The van der Waals surface area contributed by atoms with Gasteiger partial charge in [0.25, 0.3) is 0 Å². The molecule has 0 aromatic heterocycles. The Bertz CT molecular complexity index is 630. The first-order valence-electron chi connectivity index (χ1n) is 9.62. The normalized spacial score (nSPS) is 22.2. The summed E-state index contributed by atoms with van der Waals surface area (Å²) in [5, 5.41) is 3.60. The largest absolute Gasteiger partial charge is 0.444 e. The van der Waals surface area contributed by atoms with Gasteiger partial charge in [0.05, 0.1) is 0 Å². The van der Waals surface area contributed by atoms with Gasteiger partial charge in [0, 0.05) is 38.4 Å². The van der Waals surface area contributed by atoms with Crippen LogP contribution in [0.25, 0.3) is 0 Å². The van der Waals surface area contributed by atoms with E-state index in [4.69, 9.17) is 4.74 Å². The summed E-state index contributed by atoms with van der Waals surface area (Å²) in [6.07, 6.45) is 8.27. The molecule has 1 N–H and O–H groups in total. The maximum Gasteiger partial charge on any atom is 0.410 e. The fourth-order valence-electron chi connectivity index (χ4n) is 3.44. The Morgan fingerprint density at radius 1 is 1.12 bits per heavy atom. The van der Waals surface area contributed by atoms with E-state index in [1.54, 1.807) is 4.90 Å². The van der Waals surface area contributed by atoms with Crippen LogP contribution in [-0.4, -0.2) is 72.7 Å². The minimum atomic E-state index is -0.463. The van der Waals surface area contributed by atoms with Gasteiger partial charge >= 0.3 is 6.09 Å². The molecule has 6 nitrogen and oxygen atoms in total. The highest BCUT2D eigenvalue weighted by molar-refractivity contribution is 5.68. The van der Waals surface area contributed by atoms with Gasteiger partial charge in [-0.25, -0.2) is 4.79 Å². The molecule has 0 bridgehead atoms. The Kier molecular flexibility index (Phi) is 5.61. The topological polar surface area (TPSA) is 48.0 Å². The number of nitrogens with zero attached hydrogens (tertiary/aromatic N) is 3. The van der Waals surface area contributed by atoms with Crippen molar-refractivity contribution >= 4 is 6.09 Å². The number of dihydropyridines is 1. The molecule has 0 unspecified atom stereocenters. The molecule has 3 heterocycles. The van der Waals surface area contributed by atoms with E-state index >= 15 is 0 Å². The molecule has 0 aromatic rings. The van der Waals surface area contributed by atoms with E-state index in [2.05, 4.69) is 40.4 Å². The van der Waals surface area contributed by atoms with Gasteiger partial charge < -0.3 is 24.8 Å². The van der Waals surface area contributed by atoms with Gasteiger partial charge in [-0.05, 0) is 64.9 Å². The Labute approximate surface area is 157 Å². The van der Waals surface area contributed by atoms with Crippen LogP contribution in [-0.2, 0) is 4.74 Å².